The molecule has 1 heterocycles. The van der Waals surface area contributed by atoms with E-state index in [1.165, 1.54) is 13.3 Å². The highest BCUT2D eigenvalue weighted by molar-refractivity contribution is 5.66. The van der Waals surface area contributed by atoms with Crippen molar-refractivity contribution in [2.75, 3.05) is 0 Å². The van der Waals surface area contributed by atoms with E-state index in [0.717, 1.165) is 31.2 Å². The van der Waals surface area contributed by atoms with E-state index in [-0.39, 0.29) is 5.97 Å². The number of nitrogens with zero attached hydrogens (tertiary/aromatic N) is 1. The standard InChI is InChI=1S/C13H17NO2/c1-11(15)16-13(7-3-2-4-8-13)12-6-5-9-14-10-12/h5-6,9-10H,2-4,7-8H2,1H3. The van der Waals surface area contributed by atoms with E-state index in [2.05, 4.69) is 4.98 Å². The van der Waals surface area contributed by atoms with Crippen molar-refractivity contribution < 1.29 is 9.53 Å². The van der Waals surface area contributed by atoms with Crippen LogP contribution in [-0.2, 0) is 15.1 Å². The van der Waals surface area contributed by atoms with Crippen LogP contribution in [0.3, 0.4) is 0 Å². The van der Waals surface area contributed by atoms with Crippen LogP contribution in [0, 0.1) is 0 Å². The number of rotatable bonds is 2. The summed E-state index contributed by atoms with van der Waals surface area (Å²) < 4.78 is 5.59. The minimum absolute atomic E-state index is 0.203. The van der Waals surface area contributed by atoms with Crippen molar-refractivity contribution in [1.82, 2.24) is 4.98 Å². The van der Waals surface area contributed by atoms with E-state index in [4.69, 9.17) is 4.74 Å². The van der Waals surface area contributed by atoms with Crippen LogP contribution in [-0.4, -0.2) is 11.0 Å². The lowest BCUT2D eigenvalue weighted by atomic mass is 9.80. The molecule has 3 nitrogen and oxygen atoms in total. The maximum Gasteiger partial charge on any atom is 0.303 e. The largest absolute Gasteiger partial charge is 0.454 e. The van der Waals surface area contributed by atoms with Gasteiger partial charge in [-0.15, -0.1) is 0 Å². The lowest BCUT2D eigenvalue weighted by Crippen LogP contribution is -2.34. The van der Waals surface area contributed by atoms with Crippen LogP contribution in [0.15, 0.2) is 24.5 Å². The highest BCUT2D eigenvalue weighted by Crippen LogP contribution is 2.40. The van der Waals surface area contributed by atoms with Crippen LogP contribution in [0.4, 0.5) is 0 Å². The number of aromatic nitrogens is 1. The third-order valence-electron chi connectivity index (χ3n) is 3.19. The number of hydrogen-bond donors (Lipinski definition) is 0. The van der Waals surface area contributed by atoms with Gasteiger partial charge in [0.25, 0.3) is 0 Å². The quantitative estimate of drug-likeness (QED) is 0.718. The van der Waals surface area contributed by atoms with Gasteiger partial charge in [0.15, 0.2) is 0 Å². The van der Waals surface area contributed by atoms with E-state index in [0.29, 0.717) is 0 Å². The Morgan fingerprint density at radius 2 is 2.12 bits per heavy atom. The molecule has 2 rings (SSSR count). The summed E-state index contributed by atoms with van der Waals surface area (Å²) in [6.45, 7) is 1.48. The van der Waals surface area contributed by atoms with E-state index in [9.17, 15) is 4.79 Å². The fourth-order valence-electron chi connectivity index (χ4n) is 2.48. The first-order chi connectivity index (χ1) is 7.73. The summed E-state index contributed by atoms with van der Waals surface area (Å²) in [6, 6.07) is 3.90. The zero-order valence-electron chi connectivity index (χ0n) is 9.61. The summed E-state index contributed by atoms with van der Waals surface area (Å²) in [5, 5.41) is 0. The number of esters is 1. The first kappa shape index (κ1) is 11.1. The average Bonchev–Trinajstić information content (AvgIpc) is 2.30. The molecule has 0 N–H and O–H groups in total. The first-order valence-corrected chi connectivity index (χ1v) is 5.83. The van der Waals surface area contributed by atoms with Crippen LogP contribution in [0.1, 0.15) is 44.6 Å². The SMILES string of the molecule is CC(=O)OC1(c2cccnc2)CCCCC1. The van der Waals surface area contributed by atoms with Gasteiger partial charge < -0.3 is 4.74 Å². The Kier molecular flexibility index (Phi) is 3.22. The molecule has 1 aliphatic rings. The van der Waals surface area contributed by atoms with Gasteiger partial charge in [-0.25, -0.2) is 0 Å². The van der Waals surface area contributed by atoms with E-state index < -0.39 is 5.60 Å². The normalized spacial score (nSPS) is 19.1. The smallest absolute Gasteiger partial charge is 0.303 e. The molecule has 0 bridgehead atoms. The Morgan fingerprint density at radius 1 is 1.38 bits per heavy atom. The van der Waals surface area contributed by atoms with Gasteiger partial charge in [0, 0.05) is 24.9 Å². The topological polar surface area (TPSA) is 39.2 Å². The van der Waals surface area contributed by atoms with Gasteiger partial charge in [-0.05, 0) is 31.7 Å². The predicted molar refractivity (Wildman–Crippen MR) is 60.8 cm³/mol. The molecule has 0 spiro atoms. The summed E-state index contributed by atoms with van der Waals surface area (Å²) in [5.41, 5.74) is 0.614. The summed E-state index contributed by atoms with van der Waals surface area (Å²) in [4.78, 5) is 15.4. The molecule has 0 aliphatic heterocycles. The summed E-state index contributed by atoms with van der Waals surface area (Å²) in [5.74, 6) is -0.203. The average molecular weight is 219 g/mol. The van der Waals surface area contributed by atoms with Crippen LogP contribution in [0.5, 0.6) is 0 Å². The number of carbonyl (C=O) groups excluding carboxylic acids is 1. The lowest BCUT2D eigenvalue weighted by molar-refractivity contribution is -0.162. The van der Waals surface area contributed by atoms with Crippen molar-refractivity contribution in [2.45, 2.75) is 44.6 Å². The zero-order valence-corrected chi connectivity index (χ0v) is 9.61. The van der Waals surface area contributed by atoms with Gasteiger partial charge in [-0.3, -0.25) is 9.78 Å². The lowest BCUT2D eigenvalue weighted by Gasteiger charge is -2.36. The molecule has 0 radical (unpaired) electrons. The Morgan fingerprint density at radius 3 is 2.69 bits per heavy atom. The van der Waals surface area contributed by atoms with E-state index in [1.807, 2.05) is 18.3 Å². The molecule has 1 fully saturated rings. The van der Waals surface area contributed by atoms with Gasteiger partial charge in [0.05, 0.1) is 0 Å². The minimum atomic E-state index is -0.418. The number of ether oxygens (including phenoxy) is 1. The van der Waals surface area contributed by atoms with E-state index in [1.54, 1.807) is 6.20 Å². The molecular formula is C13H17NO2. The number of carbonyl (C=O) groups is 1. The van der Waals surface area contributed by atoms with Crippen molar-refractivity contribution in [3.8, 4) is 0 Å². The van der Waals surface area contributed by atoms with Gasteiger partial charge in [-0.2, -0.15) is 0 Å². The summed E-state index contributed by atoms with van der Waals surface area (Å²) >= 11 is 0. The van der Waals surface area contributed by atoms with Gasteiger partial charge in [0.1, 0.15) is 5.60 Å². The Bertz CT molecular complexity index is 355. The molecule has 0 atom stereocenters. The summed E-state index contributed by atoms with van der Waals surface area (Å²) in [6.07, 6.45) is 8.84. The minimum Gasteiger partial charge on any atom is -0.454 e. The third kappa shape index (κ3) is 2.23. The van der Waals surface area contributed by atoms with Crippen LogP contribution >= 0.6 is 0 Å². The van der Waals surface area contributed by atoms with E-state index >= 15 is 0 Å². The molecule has 0 unspecified atom stereocenters. The second-order valence-corrected chi connectivity index (χ2v) is 4.39. The Labute approximate surface area is 95.8 Å². The Balaban J connectivity index is 2.29. The number of pyridine rings is 1. The molecule has 1 aliphatic carbocycles. The fourth-order valence-corrected chi connectivity index (χ4v) is 2.48. The van der Waals surface area contributed by atoms with Gasteiger partial charge in [0.2, 0.25) is 0 Å². The van der Waals surface area contributed by atoms with Crippen molar-refractivity contribution in [2.24, 2.45) is 0 Å². The highest BCUT2D eigenvalue weighted by atomic mass is 16.6. The van der Waals surface area contributed by atoms with Crippen LogP contribution in [0.25, 0.3) is 0 Å². The fraction of sp³-hybridized carbons (Fsp3) is 0.538. The monoisotopic (exact) mass is 219 g/mol. The molecular weight excluding hydrogens is 202 g/mol. The highest BCUT2D eigenvalue weighted by Gasteiger charge is 2.37. The zero-order chi connectivity index (χ0) is 11.4. The molecule has 0 aromatic carbocycles. The molecule has 1 saturated carbocycles. The van der Waals surface area contributed by atoms with Crippen molar-refractivity contribution in [3.05, 3.63) is 30.1 Å². The van der Waals surface area contributed by atoms with Crippen LogP contribution < -0.4 is 0 Å². The van der Waals surface area contributed by atoms with Crippen LogP contribution in [0.2, 0.25) is 0 Å². The van der Waals surface area contributed by atoms with Gasteiger partial charge >= 0.3 is 5.97 Å². The molecule has 1 aromatic heterocycles. The predicted octanol–water partition coefficient (Wildman–Crippen LogP) is 2.80. The Hall–Kier alpha value is -1.38. The number of hydrogen-bond acceptors (Lipinski definition) is 3. The molecule has 3 heteroatoms. The van der Waals surface area contributed by atoms with Crippen molar-refractivity contribution in [3.63, 3.8) is 0 Å². The summed E-state index contributed by atoms with van der Waals surface area (Å²) in [7, 11) is 0. The molecule has 86 valence electrons. The van der Waals surface area contributed by atoms with Crippen molar-refractivity contribution >= 4 is 5.97 Å². The molecule has 0 saturated heterocycles. The second kappa shape index (κ2) is 4.64. The molecule has 16 heavy (non-hydrogen) atoms. The molecule has 0 amide bonds. The first-order valence-electron chi connectivity index (χ1n) is 5.83. The van der Waals surface area contributed by atoms with Gasteiger partial charge in [-0.1, -0.05) is 12.5 Å². The maximum atomic E-state index is 11.2. The van der Waals surface area contributed by atoms with Crippen molar-refractivity contribution in [1.29, 1.82) is 0 Å². The third-order valence-corrected chi connectivity index (χ3v) is 3.19. The second-order valence-electron chi connectivity index (χ2n) is 4.39. The molecule has 1 aromatic rings. The maximum absolute atomic E-state index is 11.2.